The molecule has 0 unspecified atom stereocenters. The van der Waals surface area contributed by atoms with Crippen molar-refractivity contribution in [2.75, 3.05) is 32.8 Å². The van der Waals surface area contributed by atoms with E-state index in [9.17, 15) is 4.79 Å². The van der Waals surface area contributed by atoms with Crippen LogP contribution in [0.25, 0.3) is 0 Å². The van der Waals surface area contributed by atoms with Crippen LogP contribution in [0.15, 0.2) is 12.1 Å². The zero-order valence-electron chi connectivity index (χ0n) is 15.2. The van der Waals surface area contributed by atoms with E-state index in [2.05, 4.69) is 5.32 Å². The van der Waals surface area contributed by atoms with Gasteiger partial charge in [0.2, 0.25) is 0 Å². The number of amides is 1. The normalized spacial score (nSPS) is 10.8. The summed E-state index contributed by atoms with van der Waals surface area (Å²) in [7, 11) is 3.05. The fourth-order valence-electron chi connectivity index (χ4n) is 2.14. The maximum atomic E-state index is 11.9. The van der Waals surface area contributed by atoms with Crippen LogP contribution in [0.1, 0.15) is 39.5 Å². The summed E-state index contributed by atoms with van der Waals surface area (Å²) in [4.78, 5) is 11.9. The topological polar surface area (TPSA) is 75.3 Å². The van der Waals surface area contributed by atoms with E-state index in [1.807, 2.05) is 13.8 Å². The smallest absolute Gasteiger partial charge is 0.411 e. The van der Waals surface area contributed by atoms with Crippen LogP contribution in [0.5, 0.6) is 11.5 Å². The van der Waals surface area contributed by atoms with Crippen LogP contribution in [0.2, 0.25) is 0 Å². The lowest BCUT2D eigenvalue weighted by molar-refractivity contribution is -0.107. The van der Waals surface area contributed by atoms with Gasteiger partial charge in [-0.3, -0.25) is 5.32 Å². The summed E-state index contributed by atoms with van der Waals surface area (Å²) in [5, 5.41) is 2.68. The Morgan fingerprint density at radius 2 is 1.71 bits per heavy atom. The van der Waals surface area contributed by atoms with E-state index in [0.29, 0.717) is 36.0 Å². The minimum absolute atomic E-state index is 0.218. The Morgan fingerprint density at radius 1 is 1.08 bits per heavy atom. The van der Waals surface area contributed by atoms with Gasteiger partial charge in [-0.05, 0) is 33.8 Å². The molecule has 0 aliphatic rings. The van der Waals surface area contributed by atoms with Gasteiger partial charge >= 0.3 is 6.09 Å². The first-order valence-electron chi connectivity index (χ1n) is 7.93. The van der Waals surface area contributed by atoms with Gasteiger partial charge in [0.05, 0.1) is 24.9 Å². The summed E-state index contributed by atoms with van der Waals surface area (Å²) in [5.74, 6) is 1.02. The van der Waals surface area contributed by atoms with E-state index >= 15 is 0 Å². The Bertz CT molecular complexity index is 528. The summed E-state index contributed by atoms with van der Waals surface area (Å²) < 4.78 is 27.1. The molecule has 24 heavy (non-hydrogen) atoms. The van der Waals surface area contributed by atoms with Crippen molar-refractivity contribution in [1.82, 2.24) is 0 Å². The maximum Gasteiger partial charge on any atom is 0.411 e. The summed E-state index contributed by atoms with van der Waals surface area (Å²) in [6.07, 6.45) is -1.42. The lowest BCUT2D eigenvalue weighted by atomic mass is 10.1. The second-order valence-electron chi connectivity index (χ2n) is 5.14. The van der Waals surface area contributed by atoms with E-state index < -0.39 is 12.4 Å². The van der Waals surface area contributed by atoms with E-state index in [0.717, 1.165) is 0 Å². The maximum absolute atomic E-state index is 11.9. The molecule has 1 aromatic carbocycles. The molecular formula is C17H27NO6. The third-order valence-corrected chi connectivity index (χ3v) is 2.94. The van der Waals surface area contributed by atoms with Crippen LogP contribution < -0.4 is 14.8 Å². The lowest BCUT2D eigenvalue weighted by Crippen LogP contribution is -2.18. The van der Waals surface area contributed by atoms with Crippen molar-refractivity contribution in [3.63, 3.8) is 0 Å². The van der Waals surface area contributed by atoms with Crippen molar-refractivity contribution in [3.05, 3.63) is 17.7 Å². The molecular weight excluding hydrogens is 314 g/mol. The SMILES string of the molecule is CCOc1cc(NC(=O)OC(C)C)cc(C(OC)OC)c1OCC. The molecule has 0 atom stereocenters. The van der Waals surface area contributed by atoms with Crippen LogP contribution in [-0.2, 0) is 14.2 Å². The molecule has 0 aromatic heterocycles. The average Bonchev–Trinajstić information content (AvgIpc) is 2.51. The monoisotopic (exact) mass is 341 g/mol. The molecule has 1 rings (SSSR count). The number of carbonyl (C=O) groups excluding carboxylic acids is 1. The molecule has 0 bridgehead atoms. The molecule has 0 radical (unpaired) electrons. The minimum Gasteiger partial charge on any atom is -0.490 e. The highest BCUT2D eigenvalue weighted by Crippen LogP contribution is 2.39. The first-order valence-corrected chi connectivity index (χ1v) is 7.93. The van der Waals surface area contributed by atoms with Gasteiger partial charge in [0, 0.05) is 26.0 Å². The lowest BCUT2D eigenvalue weighted by Gasteiger charge is -2.21. The summed E-state index contributed by atoms with van der Waals surface area (Å²) in [6, 6.07) is 3.40. The summed E-state index contributed by atoms with van der Waals surface area (Å²) in [6.45, 7) is 8.20. The molecule has 0 aliphatic heterocycles. The van der Waals surface area contributed by atoms with Gasteiger partial charge in [-0.1, -0.05) is 0 Å². The number of ether oxygens (including phenoxy) is 5. The Hall–Kier alpha value is -1.99. The molecule has 0 heterocycles. The third-order valence-electron chi connectivity index (χ3n) is 2.94. The number of anilines is 1. The van der Waals surface area contributed by atoms with Crippen LogP contribution in [0.4, 0.5) is 10.5 Å². The van der Waals surface area contributed by atoms with Crippen molar-refractivity contribution >= 4 is 11.8 Å². The van der Waals surface area contributed by atoms with Crippen LogP contribution >= 0.6 is 0 Å². The molecule has 1 aromatic rings. The largest absolute Gasteiger partial charge is 0.490 e. The second kappa shape index (κ2) is 10.00. The van der Waals surface area contributed by atoms with Crippen LogP contribution in [0.3, 0.4) is 0 Å². The molecule has 0 fully saturated rings. The molecule has 0 saturated carbocycles. The van der Waals surface area contributed by atoms with Crippen molar-refractivity contribution in [2.24, 2.45) is 0 Å². The molecule has 1 amide bonds. The summed E-state index contributed by atoms with van der Waals surface area (Å²) in [5.41, 5.74) is 1.12. The fraction of sp³-hybridized carbons (Fsp3) is 0.588. The Labute approximate surface area is 143 Å². The van der Waals surface area contributed by atoms with Crippen molar-refractivity contribution in [3.8, 4) is 11.5 Å². The van der Waals surface area contributed by atoms with E-state index in [4.69, 9.17) is 23.7 Å². The molecule has 7 heteroatoms. The predicted octanol–water partition coefficient (Wildman–Crippen LogP) is 3.73. The molecule has 0 saturated heterocycles. The van der Waals surface area contributed by atoms with Gasteiger partial charge in [-0.2, -0.15) is 0 Å². The van der Waals surface area contributed by atoms with Crippen LogP contribution in [-0.4, -0.2) is 39.6 Å². The third kappa shape index (κ3) is 5.58. The number of hydrogen-bond acceptors (Lipinski definition) is 6. The zero-order chi connectivity index (χ0) is 18.1. The molecule has 7 nitrogen and oxygen atoms in total. The van der Waals surface area contributed by atoms with Gasteiger partial charge in [-0.25, -0.2) is 4.79 Å². The predicted molar refractivity (Wildman–Crippen MR) is 90.8 cm³/mol. The highest BCUT2D eigenvalue weighted by Gasteiger charge is 2.22. The first-order chi connectivity index (χ1) is 11.5. The van der Waals surface area contributed by atoms with E-state index in [1.165, 1.54) is 14.2 Å². The number of rotatable bonds is 9. The van der Waals surface area contributed by atoms with Gasteiger partial charge < -0.3 is 23.7 Å². The van der Waals surface area contributed by atoms with Crippen LogP contribution in [0, 0.1) is 0 Å². The van der Waals surface area contributed by atoms with E-state index in [-0.39, 0.29) is 6.10 Å². The van der Waals surface area contributed by atoms with E-state index in [1.54, 1.807) is 26.0 Å². The number of hydrogen-bond donors (Lipinski definition) is 1. The fourth-order valence-corrected chi connectivity index (χ4v) is 2.14. The standard InChI is InChI=1S/C17H27NO6/c1-7-22-14-10-12(18-17(19)24-11(3)4)9-13(15(14)23-8-2)16(20-5)21-6/h9-11,16H,7-8H2,1-6H3,(H,18,19). The number of methoxy groups -OCH3 is 2. The van der Waals surface area contributed by atoms with Gasteiger partial charge in [0.25, 0.3) is 0 Å². The molecule has 1 N–H and O–H groups in total. The zero-order valence-corrected chi connectivity index (χ0v) is 15.2. The number of nitrogens with one attached hydrogen (secondary N) is 1. The van der Waals surface area contributed by atoms with Gasteiger partial charge in [-0.15, -0.1) is 0 Å². The Morgan fingerprint density at radius 3 is 2.21 bits per heavy atom. The molecule has 0 spiro atoms. The van der Waals surface area contributed by atoms with Gasteiger partial charge in [0.15, 0.2) is 17.8 Å². The Kier molecular flexibility index (Phi) is 8.35. The number of benzene rings is 1. The van der Waals surface area contributed by atoms with Gasteiger partial charge in [0.1, 0.15) is 0 Å². The Balaban J connectivity index is 3.27. The molecule has 0 aliphatic carbocycles. The quantitative estimate of drug-likeness (QED) is 0.690. The second-order valence-corrected chi connectivity index (χ2v) is 5.14. The highest BCUT2D eigenvalue weighted by atomic mass is 16.7. The van der Waals surface area contributed by atoms with Crippen molar-refractivity contribution < 1.29 is 28.5 Å². The first kappa shape index (κ1) is 20.1. The minimum atomic E-state index is -0.659. The van der Waals surface area contributed by atoms with Crippen molar-refractivity contribution in [2.45, 2.75) is 40.1 Å². The highest BCUT2D eigenvalue weighted by molar-refractivity contribution is 5.85. The summed E-state index contributed by atoms with van der Waals surface area (Å²) >= 11 is 0. The average molecular weight is 341 g/mol. The number of carbonyl (C=O) groups is 1. The van der Waals surface area contributed by atoms with Crippen molar-refractivity contribution in [1.29, 1.82) is 0 Å². The molecule has 136 valence electrons.